The van der Waals surface area contributed by atoms with Gasteiger partial charge in [0.1, 0.15) is 6.54 Å². The van der Waals surface area contributed by atoms with Crippen LogP contribution in [0.25, 0.3) is 0 Å². The Morgan fingerprint density at radius 2 is 1.57 bits per heavy atom. The van der Waals surface area contributed by atoms with E-state index in [1.165, 1.54) is 11.3 Å². The van der Waals surface area contributed by atoms with Crippen molar-refractivity contribution >= 4 is 23.3 Å². The third kappa shape index (κ3) is 3.81. The van der Waals surface area contributed by atoms with Gasteiger partial charge in [0.2, 0.25) is 5.91 Å². The van der Waals surface area contributed by atoms with E-state index in [2.05, 4.69) is 36.1 Å². The number of amides is 3. The lowest BCUT2D eigenvalue weighted by Crippen LogP contribution is -2.51. The molecule has 28 heavy (non-hydrogen) atoms. The number of anilines is 2. The van der Waals surface area contributed by atoms with E-state index in [1.807, 2.05) is 35.2 Å². The molecular formula is C22H26N4O2. The molecule has 2 aliphatic heterocycles. The van der Waals surface area contributed by atoms with Gasteiger partial charge in [-0.05, 0) is 36.8 Å². The van der Waals surface area contributed by atoms with Crippen LogP contribution in [0.4, 0.5) is 16.2 Å². The largest absolute Gasteiger partial charge is 0.368 e. The van der Waals surface area contributed by atoms with Crippen LogP contribution < -0.4 is 9.80 Å². The number of carbonyl (C=O) groups is 2. The summed E-state index contributed by atoms with van der Waals surface area (Å²) in [5.41, 5.74) is 3.33. The fourth-order valence-corrected chi connectivity index (χ4v) is 3.88. The second-order valence-electron chi connectivity index (χ2n) is 7.40. The molecule has 0 atom stereocenters. The number of piperazine rings is 1. The Hall–Kier alpha value is -3.02. The molecule has 0 N–H and O–H groups in total. The highest BCUT2D eigenvalue weighted by molar-refractivity contribution is 5.96. The van der Waals surface area contributed by atoms with E-state index < -0.39 is 0 Å². The number of aryl methyl sites for hydroxylation is 1. The SMILES string of the molecule is Cc1cccc(N2CCN(C(=O)CN3CCN(c4ccccc4)C3=O)CC2)c1. The summed E-state index contributed by atoms with van der Waals surface area (Å²) in [5, 5.41) is 0. The van der Waals surface area contributed by atoms with Crippen LogP contribution in [0.5, 0.6) is 0 Å². The van der Waals surface area contributed by atoms with Crippen molar-refractivity contribution in [3.63, 3.8) is 0 Å². The highest BCUT2D eigenvalue weighted by atomic mass is 16.2. The predicted molar refractivity (Wildman–Crippen MR) is 111 cm³/mol. The van der Waals surface area contributed by atoms with E-state index in [1.54, 1.807) is 9.80 Å². The number of nitrogens with zero attached hydrogens (tertiary/aromatic N) is 4. The first-order valence-corrected chi connectivity index (χ1v) is 9.83. The summed E-state index contributed by atoms with van der Waals surface area (Å²) in [4.78, 5) is 33.0. The Morgan fingerprint density at radius 3 is 2.29 bits per heavy atom. The zero-order valence-corrected chi connectivity index (χ0v) is 16.3. The highest BCUT2D eigenvalue weighted by Gasteiger charge is 2.32. The molecule has 0 bridgehead atoms. The van der Waals surface area contributed by atoms with Gasteiger partial charge < -0.3 is 14.7 Å². The van der Waals surface area contributed by atoms with Gasteiger partial charge in [0.05, 0.1) is 0 Å². The zero-order valence-electron chi connectivity index (χ0n) is 16.3. The minimum absolute atomic E-state index is 0.0344. The number of hydrogen-bond donors (Lipinski definition) is 0. The van der Waals surface area contributed by atoms with E-state index in [4.69, 9.17) is 0 Å². The number of rotatable bonds is 4. The average molecular weight is 378 g/mol. The fourth-order valence-electron chi connectivity index (χ4n) is 3.88. The molecule has 0 unspecified atom stereocenters. The van der Waals surface area contributed by atoms with Gasteiger partial charge in [-0.25, -0.2) is 4.79 Å². The van der Waals surface area contributed by atoms with Gasteiger partial charge in [-0.2, -0.15) is 0 Å². The Morgan fingerprint density at radius 1 is 0.857 bits per heavy atom. The summed E-state index contributed by atoms with van der Waals surface area (Å²) in [5.74, 6) is 0.0344. The molecule has 2 aliphatic rings. The van der Waals surface area contributed by atoms with Gasteiger partial charge in [0.25, 0.3) is 0 Å². The predicted octanol–water partition coefficient (Wildman–Crippen LogP) is 2.59. The fraction of sp³-hybridized carbons (Fsp3) is 0.364. The van der Waals surface area contributed by atoms with Crippen LogP contribution in [0.15, 0.2) is 54.6 Å². The number of hydrogen-bond acceptors (Lipinski definition) is 3. The minimum Gasteiger partial charge on any atom is -0.368 e. The van der Waals surface area contributed by atoms with Crippen molar-refractivity contribution in [3.05, 3.63) is 60.2 Å². The van der Waals surface area contributed by atoms with E-state index in [9.17, 15) is 9.59 Å². The number of carbonyl (C=O) groups excluding carboxylic acids is 2. The molecule has 0 spiro atoms. The Kier molecular flexibility index (Phi) is 5.19. The lowest BCUT2D eigenvalue weighted by molar-refractivity contribution is -0.131. The zero-order chi connectivity index (χ0) is 19.5. The first-order chi connectivity index (χ1) is 13.6. The van der Waals surface area contributed by atoms with Crippen molar-refractivity contribution in [3.8, 4) is 0 Å². The van der Waals surface area contributed by atoms with Crippen molar-refractivity contribution in [2.75, 3.05) is 55.6 Å². The monoisotopic (exact) mass is 378 g/mol. The maximum absolute atomic E-state index is 12.7. The van der Waals surface area contributed by atoms with Crippen molar-refractivity contribution in [2.45, 2.75) is 6.92 Å². The van der Waals surface area contributed by atoms with Gasteiger partial charge in [0, 0.05) is 50.6 Å². The van der Waals surface area contributed by atoms with E-state index in [0.29, 0.717) is 26.2 Å². The minimum atomic E-state index is -0.0852. The molecule has 3 amide bonds. The molecule has 6 nitrogen and oxygen atoms in total. The Balaban J connectivity index is 1.31. The summed E-state index contributed by atoms with van der Waals surface area (Å²) in [6.45, 7) is 6.48. The lowest BCUT2D eigenvalue weighted by Gasteiger charge is -2.36. The molecule has 2 aromatic rings. The molecule has 6 heteroatoms. The molecule has 2 aromatic carbocycles. The van der Waals surface area contributed by atoms with Crippen LogP contribution >= 0.6 is 0 Å². The number of para-hydroxylation sites is 1. The molecule has 0 saturated carbocycles. The average Bonchev–Trinajstić information content (AvgIpc) is 3.09. The molecule has 2 heterocycles. The van der Waals surface area contributed by atoms with Gasteiger partial charge in [-0.3, -0.25) is 9.69 Å². The van der Waals surface area contributed by atoms with Crippen LogP contribution in [0.1, 0.15) is 5.56 Å². The van der Waals surface area contributed by atoms with Gasteiger partial charge >= 0.3 is 6.03 Å². The highest BCUT2D eigenvalue weighted by Crippen LogP contribution is 2.21. The van der Waals surface area contributed by atoms with E-state index >= 15 is 0 Å². The second-order valence-corrected chi connectivity index (χ2v) is 7.40. The molecule has 2 saturated heterocycles. The summed E-state index contributed by atoms with van der Waals surface area (Å²) in [6.07, 6.45) is 0. The Bertz CT molecular complexity index is 847. The summed E-state index contributed by atoms with van der Waals surface area (Å²) >= 11 is 0. The topological polar surface area (TPSA) is 47.1 Å². The summed E-state index contributed by atoms with van der Waals surface area (Å²) in [6, 6.07) is 18.0. The smallest absolute Gasteiger partial charge is 0.325 e. The third-order valence-corrected chi connectivity index (χ3v) is 5.49. The maximum Gasteiger partial charge on any atom is 0.325 e. The van der Waals surface area contributed by atoms with Gasteiger partial charge in [-0.15, -0.1) is 0 Å². The molecule has 0 aliphatic carbocycles. The van der Waals surface area contributed by atoms with Crippen LogP contribution in [0, 0.1) is 6.92 Å². The lowest BCUT2D eigenvalue weighted by atomic mass is 10.2. The summed E-state index contributed by atoms with van der Waals surface area (Å²) in [7, 11) is 0. The molecule has 4 rings (SSSR count). The number of urea groups is 1. The second kappa shape index (κ2) is 7.92. The van der Waals surface area contributed by atoms with Gasteiger partial charge in [0.15, 0.2) is 0 Å². The first kappa shape index (κ1) is 18.3. The van der Waals surface area contributed by atoms with Crippen molar-refractivity contribution in [1.29, 1.82) is 0 Å². The van der Waals surface area contributed by atoms with Crippen LogP contribution in [0.2, 0.25) is 0 Å². The van der Waals surface area contributed by atoms with Crippen molar-refractivity contribution in [1.82, 2.24) is 9.80 Å². The summed E-state index contributed by atoms with van der Waals surface area (Å²) < 4.78 is 0. The third-order valence-electron chi connectivity index (χ3n) is 5.49. The van der Waals surface area contributed by atoms with Crippen LogP contribution in [-0.4, -0.2) is 67.6 Å². The Labute approximate surface area is 165 Å². The molecule has 0 aromatic heterocycles. The molecule has 0 radical (unpaired) electrons. The molecule has 2 fully saturated rings. The molecule has 146 valence electrons. The van der Waals surface area contributed by atoms with Crippen molar-refractivity contribution < 1.29 is 9.59 Å². The first-order valence-electron chi connectivity index (χ1n) is 9.83. The van der Waals surface area contributed by atoms with Crippen molar-refractivity contribution in [2.24, 2.45) is 0 Å². The van der Waals surface area contributed by atoms with E-state index in [-0.39, 0.29) is 18.5 Å². The number of benzene rings is 2. The van der Waals surface area contributed by atoms with Crippen LogP contribution in [0.3, 0.4) is 0 Å². The maximum atomic E-state index is 12.7. The standard InChI is InChI=1S/C22H26N4O2/c1-18-6-5-9-20(16-18)23-10-12-24(13-11-23)21(27)17-25-14-15-26(22(25)28)19-7-3-2-4-8-19/h2-9,16H,10-15,17H2,1H3. The normalized spacial score (nSPS) is 17.4. The van der Waals surface area contributed by atoms with Crippen LogP contribution in [-0.2, 0) is 4.79 Å². The van der Waals surface area contributed by atoms with E-state index in [0.717, 1.165) is 18.8 Å². The van der Waals surface area contributed by atoms with Gasteiger partial charge in [-0.1, -0.05) is 30.3 Å². The quantitative estimate of drug-likeness (QED) is 0.822. The molecular weight excluding hydrogens is 352 g/mol.